The van der Waals surface area contributed by atoms with Gasteiger partial charge in [-0.15, -0.1) is 0 Å². The first-order valence-corrected chi connectivity index (χ1v) is 14.5. The van der Waals surface area contributed by atoms with E-state index in [2.05, 4.69) is 43.9 Å². The van der Waals surface area contributed by atoms with Crippen LogP contribution in [-0.4, -0.2) is 50.4 Å². The van der Waals surface area contributed by atoms with Crippen molar-refractivity contribution in [3.8, 4) is 22.6 Å². The highest BCUT2D eigenvalue weighted by molar-refractivity contribution is 7.89. The van der Waals surface area contributed by atoms with E-state index in [-0.39, 0.29) is 16.9 Å². The van der Waals surface area contributed by atoms with Crippen molar-refractivity contribution in [2.24, 2.45) is 0 Å². The monoisotopic (exact) mass is 485 g/mol. The third-order valence-electron chi connectivity index (χ3n) is 7.14. The number of likely N-dealkylation sites (tertiary alicyclic amines) is 1. The summed E-state index contributed by atoms with van der Waals surface area (Å²) in [7, 11) is -3.14. The van der Waals surface area contributed by atoms with Crippen molar-refractivity contribution in [1.82, 2.24) is 4.90 Å². The van der Waals surface area contributed by atoms with Crippen LogP contribution >= 0.6 is 0 Å². The first-order valence-electron chi connectivity index (χ1n) is 12.5. The summed E-state index contributed by atoms with van der Waals surface area (Å²) in [5.41, 5.74) is 4.27. The van der Waals surface area contributed by atoms with Crippen molar-refractivity contribution >= 4 is 9.84 Å². The smallest absolute Gasteiger partial charge is 0.151 e. The van der Waals surface area contributed by atoms with Crippen LogP contribution in [0, 0.1) is 0 Å². The third-order valence-corrected chi connectivity index (χ3v) is 7.98. The van der Waals surface area contributed by atoms with Gasteiger partial charge >= 0.3 is 0 Å². The second kappa shape index (κ2) is 9.54. The Labute approximate surface area is 205 Å². The maximum absolute atomic E-state index is 11.9. The molecule has 1 spiro atoms. The summed E-state index contributed by atoms with van der Waals surface area (Å²) < 4.78 is 36.3. The van der Waals surface area contributed by atoms with E-state index in [9.17, 15) is 8.42 Å². The van der Waals surface area contributed by atoms with Crippen LogP contribution in [0.4, 0.5) is 0 Å². The van der Waals surface area contributed by atoms with Crippen molar-refractivity contribution < 1.29 is 17.9 Å². The van der Waals surface area contributed by atoms with Gasteiger partial charge in [-0.3, -0.25) is 4.90 Å². The number of benzene rings is 2. The molecule has 2 heterocycles. The van der Waals surface area contributed by atoms with E-state index in [1.807, 2.05) is 25.1 Å². The maximum Gasteiger partial charge on any atom is 0.151 e. The highest BCUT2D eigenvalue weighted by atomic mass is 32.2. The molecule has 5 nitrogen and oxygen atoms in total. The van der Waals surface area contributed by atoms with Gasteiger partial charge in [0.25, 0.3) is 0 Å². The summed E-state index contributed by atoms with van der Waals surface area (Å²) in [6.45, 7) is 11.6. The molecule has 1 fully saturated rings. The standard InChI is InChI=1S/C28H39NO4S/c1-6-17-32-26-19-22(7-8-24(26)20-34(5,30)31)21-9-10-25-23(18-21)11-12-28(33-25)13-15-29(16-14-28)27(2,3)4/h7-10,18-19H,6,11-17,20H2,1-5H3. The molecule has 1 saturated heterocycles. The molecule has 0 amide bonds. The number of hydrogen-bond acceptors (Lipinski definition) is 5. The van der Waals surface area contributed by atoms with Gasteiger partial charge in [0.15, 0.2) is 9.84 Å². The molecule has 186 valence electrons. The molecule has 0 atom stereocenters. The Hall–Kier alpha value is -2.05. The van der Waals surface area contributed by atoms with Gasteiger partial charge < -0.3 is 9.47 Å². The highest BCUT2D eigenvalue weighted by Gasteiger charge is 2.41. The van der Waals surface area contributed by atoms with Gasteiger partial charge in [-0.1, -0.05) is 25.1 Å². The lowest BCUT2D eigenvalue weighted by Crippen LogP contribution is -2.54. The molecule has 0 saturated carbocycles. The number of aryl methyl sites for hydroxylation is 1. The number of sulfone groups is 1. The second-order valence-corrected chi connectivity index (χ2v) is 13.1. The van der Waals surface area contributed by atoms with Crippen molar-refractivity contribution in [2.45, 2.75) is 76.7 Å². The molecular formula is C28H39NO4S. The quantitative estimate of drug-likeness (QED) is 0.530. The van der Waals surface area contributed by atoms with E-state index in [1.54, 1.807) is 0 Å². The molecule has 0 N–H and O–H groups in total. The molecule has 6 heteroatoms. The molecule has 2 aliphatic heterocycles. The van der Waals surface area contributed by atoms with Gasteiger partial charge in [-0.25, -0.2) is 8.42 Å². The normalized spacial score (nSPS) is 18.4. The minimum Gasteiger partial charge on any atom is -0.493 e. The predicted octanol–water partition coefficient (Wildman–Crippen LogP) is 5.65. The van der Waals surface area contributed by atoms with Crippen LogP contribution in [0.15, 0.2) is 36.4 Å². The van der Waals surface area contributed by atoms with Crippen LogP contribution in [-0.2, 0) is 22.0 Å². The number of piperidine rings is 1. The summed E-state index contributed by atoms with van der Waals surface area (Å²) in [6, 6.07) is 12.3. The number of hydrogen-bond donors (Lipinski definition) is 0. The number of fused-ring (bicyclic) bond motifs is 1. The average molecular weight is 486 g/mol. The fraction of sp³-hybridized carbons (Fsp3) is 0.571. The zero-order valence-corrected chi connectivity index (χ0v) is 22.1. The Kier molecular flexibility index (Phi) is 7.03. The van der Waals surface area contributed by atoms with Crippen molar-refractivity contribution in [2.75, 3.05) is 26.0 Å². The van der Waals surface area contributed by atoms with E-state index in [0.29, 0.717) is 17.9 Å². The molecule has 0 aliphatic carbocycles. The van der Waals surface area contributed by atoms with E-state index in [4.69, 9.17) is 9.47 Å². The van der Waals surface area contributed by atoms with Crippen molar-refractivity contribution in [3.05, 3.63) is 47.5 Å². The SMILES string of the molecule is CCCOc1cc(-c2ccc3c(c2)CCC2(CCN(C(C)(C)C)CC2)O3)ccc1CS(C)(=O)=O. The van der Waals surface area contributed by atoms with Crippen molar-refractivity contribution in [1.29, 1.82) is 0 Å². The van der Waals surface area contributed by atoms with Crippen LogP contribution in [0.2, 0.25) is 0 Å². The van der Waals surface area contributed by atoms with Crippen LogP contribution in [0.3, 0.4) is 0 Å². The van der Waals surface area contributed by atoms with Crippen molar-refractivity contribution in [3.63, 3.8) is 0 Å². The summed E-state index contributed by atoms with van der Waals surface area (Å²) in [5.74, 6) is 1.65. The molecule has 0 unspecified atom stereocenters. The Morgan fingerprint density at radius 2 is 1.71 bits per heavy atom. The summed E-state index contributed by atoms with van der Waals surface area (Å²) in [4.78, 5) is 2.56. The van der Waals surface area contributed by atoms with Crippen LogP contribution in [0.25, 0.3) is 11.1 Å². The molecule has 0 aromatic heterocycles. The fourth-order valence-corrected chi connectivity index (χ4v) is 5.92. The van der Waals surface area contributed by atoms with E-state index in [0.717, 1.165) is 62.1 Å². The number of rotatable bonds is 6. The largest absolute Gasteiger partial charge is 0.493 e. The molecule has 0 bridgehead atoms. The third kappa shape index (κ3) is 5.77. The summed E-state index contributed by atoms with van der Waals surface area (Å²) in [6.07, 6.45) is 6.35. The molecule has 0 radical (unpaired) electrons. The molecule has 2 aromatic carbocycles. The van der Waals surface area contributed by atoms with Crippen LogP contribution < -0.4 is 9.47 Å². The van der Waals surface area contributed by atoms with Gasteiger partial charge in [-0.05, 0) is 87.8 Å². The first-order chi connectivity index (χ1) is 16.0. The Morgan fingerprint density at radius 1 is 1.03 bits per heavy atom. The van der Waals surface area contributed by atoms with Gasteiger partial charge in [0.05, 0.1) is 12.4 Å². The summed E-state index contributed by atoms with van der Waals surface area (Å²) in [5, 5.41) is 0. The zero-order chi connectivity index (χ0) is 24.6. The zero-order valence-electron chi connectivity index (χ0n) is 21.3. The fourth-order valence-electron chi connectivity index (χ4n) is 5.12. The lowest BCUT2D eigenvalue weighted by molar-refractivity contribution is -0.0355. The maximum atomic E-state index is 11.9. The first kappa shape index (κ1) is 25.1. The average Bonchev–Trinajstić information content (AvgIpc) is 2.77. The van der Waals surface area contributed by atoms with E-state index >= 15 is 0 Å². The number of nitrogens with zero attached hydrogens (tertiary/aromatic N) is 1. The minimum atomic E-state index is -3.14. The minimum absolute atomic E-state index is 0.0148. The highest BCUT2D eigenvalue weighted by Crippen LogP contribution is 2.42. The second-order valence-electron chi connectivity index (χ2n) is 11.0. The van der Waals surface area contributed by atoms with Gasteiger partial charge in [0, 0.05) is 30.4 Å². The summed E-state index contributed by atoms with van der Waals surface area (Å²) >= 11 is 0. The lowest BCUT2D eigenvalue weighted by Gasteiger charge is -2.48. The van der Waals surface area contributed by atoms with E-state index in [1.165, 1.54) is 11.8 Å². The molecule has 2 aromatic rings. The Bertz CT molecular complexity index is 1130. The van der Waals surface area contributed by atoms with Gasteiger partial charge in [0.1, 0.15) is 17.1 Å². The number of ether oxygens (including phenoxy) is 2. The Balaban J connectivity index is 1.54. The van der Waals surface area contributed by atoms with Crippen LogP contribution in [0.1, 0.15) is 64.5 Å². The molecule has 34 heavy (non-hydrogen) atoms. The predicted molar refractivity (Wildman–Crippen MR) is 138 cm³/mol. The topological polar surface area (TPSA) is 55.8 Å². The van der Waals surface area contributed by atoms with Gasteiger partial charge in [-0.2, -0.15) is 0 Å². The lowest BCUT2D eigenvalue weighted by atomic mass is 9.81. The van der Waals surface area contributed by atoms with Crippen LogP contribution in [0.5, 0.6) is 11.5 Å². The van der Waals surface area contributed by atoms with E-state index < -0.39 is 9.84 Å². The van der Waals surface area contributed by atoms with Gasteiger partial charge in [0.2, 0.25) is 0 Å². The Morgan fingerprint density at radius 3 is 2.35 bits per heavy atom. The molecular weight excluding hydrogens is 446 g/mol. The molecule has 2 aliphatic rings. The molecule has 4 rings (SSSR count).